The van der Waals surface area contributed by atoms with Crippen molar-refractivity contribution in [3.63, 3.8) is 0 Å². The van der Waals surface area contributed by atoms with Crippen molar-refractivity contribution in [2.45, 2.75) is 38.1 Å². The van der Waals surface area contributed by atoms with Crippen LogP contribution in [0.1, 0.15) is 31.4 Å². The maximum atomic E-state index is 4.34. The first-order chi connectivity index (χ1) is 6.84. The molecule has 1 N–H and O–H groups in total. The van der Waals surface area contributed by atoms with Crippen LogP contribution in [0.15, 0.2) is 12.5 Å². The van der Waals surface area contributed by atoms with Crippen molar-refractivity contribution < 1.29 is 0 Å². The van der Waals surface area contributed by atoms with E-state index in [0.29, 0.717) is 0 Å². The van der Waals surface area contributed by atoms with Crippen molar-refractivity contribution in [2.24, 2.45) is 7.05 Å². The summed E-state index contributed by atoms with van der Waals surface area (Å²) in [5, 5.41) is 3.56. The minimum atomic E-state index is 0.728. The molecule has 0 saturated carbocycles. The Morgan fingerprint density at radius 2 is 2.50 bits per heavy atom. The fraction of sp³-hybridized carbons (Fsp3) is 0.727. The second kappa shape index (κ2) is 4.60. The predicted molar refractivity (Wildman–Crippen MR) is 57.2 cm³/mol. The van der Waals surface area contributed by atoms with Gasteiger partial charge in [-0.15, -0.1) is 0 Å². The molecule has 1 atom stereocenters. The Morgan fingerprint density at radius 3 is 3.14 bits per heavy atom. The second-order valence-electron chi connectivity index (χ2n) is 4.22. The summed E-state index contributed by atoms with van der Waals surface area (Å²) < 4.78 is 2.02. The zero-order chi connectivity index (χ0) is 9.80. The Kier molecular flexibility index (Phi) is 3.19. The molecule has 0 spiro atoms. The van der Waals surface area contributed by atoms with Gasteiger partial charge in [0, 0.05) is 19.3 Å². The molecule has 1 aliphatic rings. The maximum absolute atomic E-state index is 4.34. The van der Waals surface area contributed by atoms with E-state index in [-0.39, 0.29) is 0 Å². The van der Waals surface area contributed by atoms with Crippen LogP contribution in [-0.2, 0) is 13.5 Å². The van der Waals surface area contributed by atoms with E-state index in [4.69, 9.17) is 0 Å². The Labute approximate surface area is 85.5 Å². The largest absolute Gasteiger partial charge is 0.340 e. The van der Waals surface area contributed by atoms with Gasteiger partial charge in [-0.1, -0.05) is 6.42 Å². The Bertz CT molecular complexity index is 274. The number of piperidine rings is 1. The highest BCUT2D eigenvalue weighted by Gasteiger charge is 2.12. The van der Waals surface area contributed by atoms with Crippen LogP contribution in [0.5, 0.6) is 0 Å². The van der Waals surface area contributed by atoms with E-state index in [0.717, 1.165) is 12.5 Å². The van der Waals surface area contributed by atoms with Crippen molar-refractivity contribution >= 4 is 0 Å². The van der Waals surface area contributed by atoms with Gasteiger partial charge in [-0.3, -0.25) is 0 Å². The van der Waals surface area contributed by atoms with Gasteiger partial charge in [-0.05, 0) is 32.2 Å². The van der Waals surface area contributed by atoms with Crippen LogP contribution in [0, 0.1) is 0 Å². The normalized spacial score (nSPS) is 22.5. The lowest BCUT2D eigenvalue weighted by atomic mass is 10.00. The standard InChI is InChI=1S/C11H19N3/c1-14-8-11(13-9-14)6-5-10-4-2-3-7-12-10/h8-10,12H,2-7H2,1H3. The smallest absolute Gasteiger partial charge is 0.0946 e. The molecule has 0 aromatic carbocycles. The van der Waals surface area contributed by atoms with Gasteiger partial charge in [0.1, 0.15) is 0 Å². The van der Waals surface area contributed by atoms with Gasteiger partial charge < -0.3 is 9.88 Å². The summed E-state index contributed by atoms with van der Waals surface area (Å²) in [4.78, 5) is 4.34. The molecule has 78 valence electrons. The molecule has 2 rings (SSSR count). The molecule has 1 saturated heterocycles. The third kappa shape index (κ3) is 2.58. The molecule has 1 unspecified atom stereocenters. The lowest BCUT2D eigenvalue weighted by molar-refractivity contribution is 0.382. The van der Waals surface area contributed by atoms with Crippen LogP contribution in [0.2, 0.25) is 0 Å². The van der Waals surface area contributed by atoms with Gasteiger partial charge in [-0.25, -0.2) is 4.98 Å². The highest BCUT2D eigenvalue weighted by atomic mass is 15.0. The molecule has 0 aliphatic carbocycles. The van der Waals surface area contributed by atoms with Gasteiger partial charge in [0.2, 0.25) is 0 Å². The van der Waals surface area contributed by atoms with E-state index in [1.165, 1.54) is 37.9 Å². The number of nitrogens with zero attached hydrogens (tertiary/aromatic N) is 2. The first-order valence-corrected chi connectivity index (χ1v) is 5.55. The molecule has 1 aromatic heterocycles. The molecule has 0 bridgehead atoms. The van der Waals surface area contributed by atoms with Crippen molar-refractivity contribution in [3.05, 3.63) is 18.2 Å². The molecular weight excluding hydrogens is 174 g/mol. The third-order valence-corrected chi connectivity index (χ3v) is 2.92. The molecular formula is C11H19N3. The fourth-order valence-electron chi connectivity index (χ4n) is 2.09. The Hall–Kier alpha value is -0.830. The summed E-state index contributed by atoms with van der Waals surface area (Å²) in [6, 6.07) is 0.728. The number of nitrogens with one attached hydrogen (secondary N) is 1. The SMILES string of the molecule is Cn1cnc(CCC2CCCCN2)c1. The van der Waals surface area contributed by atoms with Crippen LogP contribution < -0.4 is 5.32 Å². The van der Waals surface area contributed by atoms with E-state index in [9.17, 15) is 0 Å². The average Bonchev–Trinajstić information content (AvgIpc) is 2.63. The molecule has 1 aliphatic heterocycles. The minimum Gasteiger partial charge on any atom is -0.340 e. The van der Waals surface area contributed by atoms with Gasteiger partial charge in [0.05, 0.1) is 12.0 Å². The van der Waals surface area contributed by atoms with E-state index < -0.39 is 0 Å². The van der Waals surface area contributed by atoms with E-state index in [2.05, 4.69) is 16.5 Å². The zero-order valence-corrected chi connectivity index (χ0v) is 8.87. The zero-order valence-electron chi connectivity index (χ0n) is 8.87. The minimum absolute atomic E-state index is 0.728. The van der Waals surface area contributed by atoms with Crippen LogP contribution >= 0.6 is 0 Å². The Balaban J connectivity index is 1.76. The predicted octanol–water partition coefficient (Wildman–Crippen LogP) is 1.49. The average molecular weight is 193 g/mol. The summed E-state index contributed by atoms with van der Waals surface area (Å²) in [5.41, 5.74) is 1.22. The molecule has 1 aromatic rings. The van der Waals surface area contributed by atoms with Crippen LogP contribution in [0.4, 0.5) is 0 Å². The van der Waals surface area contributed by atoms with E-state index >= 15 is 0 Å². The van der Waals surface area contributed by atoms with Crippen molar-refractivity contribution in [2.75, 3.05) is 6.54 Å². The first kappa shape index (κ1) is 9.71. The van der Waals surface area contributed by atoms with Crippen molar-refractivity contribution in [1.82, 2.24) is 14.9 Å². The summed E-state index contributed by atoms with van der Waals surface area (Å²) in [6.07, 6.45) is 10.4. The number of aromatic nitrogens is 2. The van der Waals surface area contributed by atoms with Gasteiger partial charge >= 0.3 is 0 Å². The first-order valence-electron chi connectivity index (χ1n) is 5.55. The van der Waals surface area contributed by atoms with Crippen LogP contribution in [0.3, 0.4) is 0 Å². The van der Waals surface area contributed by atoms with Gasteiger partial charge in [0.25, 0.3) is 0 Å². The molecule has 3 nitrogen and oxygen atoms in total. The molecule has 3 heteroatoms. The number of rotatable bonds is 3. The lowest BCUT2D eigenvalue weighted by Crippen LogP contribution is -2.34. The monoisotopic (exact) mass is 193 g/mol. The Morgan fingerprint density at radius 1 is 1.57 bits per heavy atom. The molecule has 0 radical (unpaired) electrons. The number of aryl methyl sites for hydroxylation is 2. The van der Waals surface area contributed by atoms with Crippen molar-refractivity contribution in [1.29, 1.82) is 0 Å². The summed E-state index contributed by atoms with van der Waals surface area (Å²) >= 11 is 0. The van der Waals surface area contributed by atoms with Crippen molar-refractivity contribution in [3.8, 4) is 0 Å². The van der Waals surface area contributed by atoms with Gasteiger partial charge in [-0.2, -0.15) is 0 Å². The topological polar surface area (TPSA) is 29.9 Å². The van der Waals surface area contributed by atoms with E-state index in [1.54, 1.807) is 0 Å². The van der Waals surface area contributed by atoms with Crippen LogP contribution in [0.25, 0.3) is 0 Å². The summed E-state index contributed by atoms with van der Waals surface area (Å²) in [6.45, 7) is 1.20. The quantitative estimate of drug-likeness (QED) is 0.788. The fourth-order valence-corrected chi connectivity index (χ4v) is 2.09. The van der Waals surface area contributed by atoms with Gasteiger partial charge in [0.15, 0.2) is 0 Å². The molecule has 14 heavy (non-hydrogen) atoms. The third-order valence-electron chi connectivity index (χ3n) is 2.92. The highest BCUT2D eigenvalue weighted by Crippen LogP contribution is 2.12. The van der Waals surface area contributed by atoms with Crippen LogP contribution in [-0.4, -0.2) is 22.1 Å². The number of hydrogen-bond donors (Lipinski definition) is 1. The molecule has 2 heterocycles. The number of imidazole rings is 1. The highest BCUT2D eigenvalue weighted by molar-refractivity contribution is 4.97. The lowest BCUT2D eigenvalue weighted by Gasteiger charge is -2.22. The number of hydrogen-bond acceptors (Lipinski definition) is 2. The second-order valence-corrected chi connectivity index (χ2v) is 4.22. The maximum Gasteiger partial charge on any atom is 0.0946 e. The van der Waals surface area contributed by atoms with E-state index in [1.807, 2.05) is 17.9 Å². The summed E-state index contributed by atoms with van der Waals surface area (Å²) in [5.74, 6) is 0. The molecule has 0 amide bonds. The summed E-state index contributed by atoms with van der Waals surface area (Å²) in [7, 11) is 2.02. The molecule has 1 fully saturated rings.